The fourth-order valence-electron chi connectivity index (χ4n) is 5.11. The second-order valence-electron chi connectivity index (χ2n) is 9.53. The number of nitrogens with zero attached hydrogens (tertiary/aromatic N) is 2. The molecule has 0 bridgehead atoms. The molecular weight excluding hydrogens is 480 g/mol. The zero-order valence-corrected chi connectivity index (χ0v) is 22.1. The third-order valence-corrected chi connectivity index (χ3v) is 7.09. The number of hydrogen-bond donors (Lipinski definition) is 0. The van der Waals surface area contributed by atoms with Gasteiger partial charge in [0, 0.05) is 0 Å². The fourth-order valence-corrected chi connectivity index (χ4v) is 5.11. The Morgan fingerprint density at radius 3 is 2.26 bits per heavy atom. The number of carbonyl (C=O) groups excluding carboxylic acids is 2. The highest BCUT2D eigenvalue weighted by atomic mass is 16.7. The first-order valence-corrected chi connectivity index (χ1v) is 13.4. The standard InChI is InChI=1S/C31H34N2O5/c1-4-7-19-37-25-18-15-22(20-26(25)36-6-3)28-27-29(38-33(28)24-11-9-8-10-12-24)31(35)32(30(27)34)23-16-13-21(5-2)14-17-23/h8-18,20,27-29H,4-7,19H2,1-3H3/t27-,28-,29-/m0/s1. The first-order chi connectivity index (χ1) is 18.6. The van der Waals surface area contributed by atoms with Crippen molar-refractivity contribution in [2.75, 3.05) is 23.2 Å². The van der Waals surface area contributed by atoms with E-state index in [4.69, 9.17) is 14.3 Å². The third-order valence-electron chi connectivity index (χ3n) is 7.09. The fraction of sp³-hybridized carbons (Fsp3) is 0.355. The number of hydrogen-bond acceptors (Lipinski definition) is 6. The van der Waals surface area contributed by atoms with Gasteiger partial charge in [0.15, 0.2) is 17.6 Å². The maximum atomic E-state index is 13.9. The Balaban J connectivity index is 1.54. The van der Waals surface area contributed by atoms with Crippen LogP contribution in [0, 0.1) is 5.92 Å². The maximum Gasteiger partial charge on any atom is 0.266 e. The molecular formula is C31H34N2O5. The average Bonchev–Trinajstić information content (AvgIpc) is 3.46. The van der Waals surface area contributed by atoms with Gasteiger partial charge < -0.3 is 9.47 Å². The summed E-state index contributed by atoms with van der Waals surface area (Å²) in [6.45, 7) is 7.18. The highest BCUT2D eigenvalue weighted by molar-refractivity contribution is 6.23. The van der Waals surface area contributed by atoms with Crippen molar-refractivity contribution in [2.24, 2.45) is 5.92 Å². The van der Waals surface area contributed by atoms with Crippen LogP contribution in [0.5, 0.6) is 11.5 Å². The molecule has 7 nitrogen and oxygen atoms in total. The normalized spacial score (nSPS) is 20.7. The van der Waals surface area contributed by atoms with Crippen LogP contribution in [0.25, 0.3) is 0 Å². The number of para-hydroxylation sites is 1. The van der Waals surface area contributed by atoms with Gasteiger partial charge in [0.1, 0.15) is 5.92 Å². The summed E-state index contributed by atoms with van der Waals surface area (Å²) in [5, 5.41) is 1.70. The molecule has 2 fully saturated rings. The molecule has 2 aliphatic heterocycles. The predicted molar refractivity (Wildman–Crippen MR) is 146 cm³/mol. The van der Waals surface area contributed by atoms with E-state index in [1.807, 2.05) is 79.7 Å². The molecule has 0 unspecified atom stereocenters. The topological polar surface area (TPSA) is 68.3 Å². The summed E-state index contributed by atoms with van der Waals surface area (Å²) in [5.41, 5.74) is 3.29. The molecule has 2 amide bonds. The monoisotopic (exact) mass is 514 g/mol. The SMILES string of the molecule is CCCCOc1ccc([C@H]2[C@@H]3C(=O)N(c4ccc(CC)cc4)C(=O)[C@H]3ON2c2ccccc2)cc1OCC. The molecule has 0 aliphatic carbocycles. The third kappa shape index (κ3) is 4.74. The molecule has 0 aromatic heterocycles. The van der Waals surface area contributed by atoms with E-state index in [1.165, 1.54) is 4.90 Å². The maximum absolute atomic E-state index is 13.9. The molecule has 5 rings (SSSR count). The van der Waals surface area contributed by atoms with Gasteiger partial charge >= 0.3 is 0 Å². The van der Waals surface area contributed by atoms with Gasteiger partial charge in [-0.15, -0.1) is 0 Å². The first-order valence-electron chi connectivity index (χ1n) is 13.4. The summed E-state index contributed by atoms with van der Waals surface area (Å²) in [4.78, 5) is 35.0. The van der Waals surface area contributed by atoms with Crippen LogP contribution in [0.3, 0.4) is 0 Å². The molecule has 2 heterocycles. The van der Waals surface area contributed by atoms with E-state index in [1.54, 1.807) is 5.06 Å². The van der Waals surface area contributed by atoms with Gasteiger partial charge in [-0.3, -0.25) is 14.4 Å². The van der Waals surface area contributed by atoms with Crippen molar-refractivity contribution < 1.29 is 23.9 Å². The van der Waals surface area contributed by atoms with Crippen molar-refractivity contribution in [3.8, 4) is 11.5 Å². The van der Waals surface area contributed by atoms with Gasteiger partial charge in [-0.05, 0) is 67.3 Å². The first kappa shape index (κ1) is 25.8. The average molecular weight is 515 g/mol. The number of benzene rings is 3. The number of hydroxylamine groups is 1. The van der Waals surface area contributed by atoms with E-state index < -0.39 is 18.1 Å². The lowest BCUT2D eigenvalue weighted by Crippen LogP contribution is -2.37. The molecule has 0 saturated carbocycles. The molecule has 198 valence electrons. The van der Waals surface area contributed by atoms with Crippen molar-refractivity contribution in [3.63, 3.8) is 0 Å². The Bertz CT molecular complexity index is 1280. The van der Waals surface area contributed by atoms with Gasteiger partial charge in [-0.25, -0.2) is 9.96 Å². The van der Waals surface area contributed by atoms with E-state index in [9.17, 15) is 9.59 Å². The number of anilines is 2. The summed E-state index contributed by atoms with van der Waals surface area (Å²) < 4.78 is 11.9. The van der Waals surface area contributed by atoms with Gasteiger partial charge in [0.05, 0.1) is 30.6 Å². The van der Waals surface area contributed by atoms with Crippen LogP contribution in [0.1, 0.15) is 50.8 Å². The van der Waals surface area contributed by atoms with Crippen LogP contribution in [-0.4, -0.2) is 31.1 Å². The second-order valence-corrected chi connectivity index (χ2v) is 9.53. The van der Waals surface area contributed by atoms with Gasteiger partial charge in [-0.1, -0.05) is 56.7 Å². The molecule has 0 spiro atoms. The Kier molecular flexibility index (Phi) is 7.65. The summed E-state index contributed by atoms with van der Waals surface area (Å²) in [5.74, 6) is -0.0559. The second kappa shape index (κ2) is 11.3. The highest BCUT2D eigenvalue weighted by Crippen LogP contribution is 2.48. The smallest absolute Gasteiger partial charge is 0.266 e. The van der Waals surface area contributed by atoms with E-state index in [-0.39, 0.29) is 11.8 Å². The van der Waals surface area contributed by atoms with Crippen LogP contribution in [0.4, 0.5) is 11.4 Å². The molecule has 3 aromatic carbocycles. The molecule has 2 saturated heterocycles. The van der Waals surface area contributed by atoms with Gasteiger partial charge in [0.25, 0.3) is 5.91 Å². The molecule has 0 N–H and O–H groups in total. The molecule has 7 heteroatoms. The summed E-state index contributed by atoms with van der Waals surface area (Å²) in [6, 6.07) is 22.3. The largest absolute Gasteiger partial charge is 0.490 e. The summed E-state index contributed by atoms with van der Waals surface area (Å²) in [6.07, 6.45) is 1.94. The minimum Gasteiger partial charge on any atom is -0.490 e. The molecule has 3 aromatic rings. The van der Waals surface area contributed by atoms with Crippen molar-refractivity contribution in [3.05, 3.63) is 83.9 Å². The van der Waals surface area contributed by atoms with Crippen LogP contribution in [0.2, 0.25) is 0 Å². The Labute approximate surface area is 223 Å². The van der Waals surface area contributed by atoms with E-state index >= 15 is 0 Å². The number of rotatable bonds is 10. The zero-order chi connectivity index (χ0) is 26.6. The van der Waals surface area contributed by atoms with Crippen molar-refractivity contribution in [1.82, 2.24) is 0 Å². The number of imide groups is 1. The zero-order valence-electron chi connectivity index (χ0n) is 22.1. The quantitative estimate of drug-likeness (QED) is 0.249. The lowest BCUT2D eigenvalue weighted by atomic mass is 9.90. The number of carbonyl (C=O) groups is 2. The number of aryl methyl sites for hydroxylation is 1. The van der Waals surface area contributed by atoms with Crippen molar-refractivity contribution in [2.45, 2.75) is 52.2 Å². The minimum atomic E-state index is -0.922. The highest BCUT2D eigenvalue weighted by Gasteiger charge is 2.60. The molecule has 0 radical (unpaired) electrons. The van der Waals surface area contributed by atoms with Crippen LogP contribution in [-0.2, 0) is 20.8 Å². The van der Waals surface area contributed by atoms with Gasteiger partial charge in [0.2, 0.25) is 5.91 Å². The summed E-state index contributed by atoms with van der Waals surface area (Å²) >= 11 is 0. The van der Waals surface area contributed by atoms with E-state index in [0.717, 1.165) is 36.1 Å². The van der Waals surface area contributed by atoms with Crippen molar-refractivity contribution in [1.29, 1.82) is 0 Å². The Morgan fingerprint density at radius 1 is 0.816 bits per heavy atom. The van der Waals surface area contributed by atoms with Crippen molar-refractivity contribution >= 4 is 23.2 Å². The van der Waals surface area contributed by atoms with E-state index in [0.29, 0.717) is 30.4 Å². The molecule has 2 aliphatic rings. The van der Waals surface area contributed by atoms with Crippen LogP contribution < -0.4 is 19.4 Å². The summed E-state index contributed by atoms with van der Waals surface area (Å²) in [7, 11) is 0. The Hall–Kier alpha value is -3.84. The number of unbranched alkanes of at least 4 members (excludes halogenated alkanes) is 1. The lowest BCUT2D eigenvalue weighted by molar-refractivity contribution is -0.126. The van der Waals surface area contributed by atoms with E-state index in [2.05, 4.69) is 13.8 Å². The predicted octanol–water partition coefficient (Wildman–Crippen LogP) is 5.88. The lowest BCUT2D eigenvalue weighted by Gasteiger charge is -2.29. The number of ether oxygens (including phenoxy) is 2. The van der Waals surface area contributed by atoms with Crippen LogP contribution in [0.15, 0.2) is 72.8 Å². The van der Waals surface area contributed by atoms with Crippen LogP contribution >= 0.6 is 0 Å². The Morgan fingerprint density at radius 2 is 1.58 bits per heavy atom. The number of fused-ring (bicyclic) bond motifs is 1. The molecule has 3 atom stereocenters. The number of amides is 2. The van der Waals surface area contributed by atoms with Gasteiger partial charge in [-0.2, -0.15) is 0 Å². The molecule has 38 heavy (non-hydrogen) atoms. The minimum absolute atomic E-state index is 0.270.